The van der Waals surface area contributed by atoms with Crippen molar-refractivity contribution in [1.29, 1.82) is 0 Å². The van der Waals surface area contributed by atoms with Gasteiger partial charge in [-0.1, -0.05) is 36.4 Å². The first-order valence-electron chi connectivity index (χ1n) is 9.02. The summed E-state index contributed by atoms with van der Waals surface area (Å²) in [6, 6.07) is 12.6. The number of anilines is 2. The number of thiazole rings is 1. The van der Waals surface area contributed by atoms with Crippen molar-refractivity contribution in [2.75, 3.05) is 10.6 Å². The van der Waals surface area contributed by atoms with Crippen LogP contribution < -0.4 is 10.6 Å². The highest BCUT2D eigenvalue weighted by Gasteiger charge is 2.16. The van der Waals surface area contributed by atoms with Crippen LogP contribution in [0, 0.1) is 20.8 Å². The molecule has 140 valence electrons. The second-order valence-corrected chi connectivity index (χ2v) is 7.74. The lowest BCUT2D eigenvalue weighted by atomic mass is 9.95. The fraction of sp³-hybridized carbons (Fsp3) is 0.273. The maximum Gasteiger partial charge on any atom is 0.221 e. The number of aromatic nitrogens is 1. The fourth-order valence-corrected chi connectivity index (χ4v) is 4.20. The van der Waals surface area contributed by atoms with Crippen LogP contribution in [-0.2, 0) is 4.79 Å². The van der Waals surface area contributed by atoms with Gasteiger partial charge in [-0.15, -0.1) is 11.3 Å². The summed E-state index contributed by atoms with van der Waals surface area (Å²) in [6.45, 7) is 9.82. The third-order valence-corrected chi connectivity index (χ3v) is 5.45. The zero-order valence-electron chi connectivity index (χ0n) is 16.4. The minimum absolute atomic E-state index is 0.0617. The molecule has 5 heteroatoms. The second kappa shape index (κ2) is 7.92. The molecule has 0 aliphatic carbocycles. The first-order chi connectivity index (χ1) is 12.9. The van der Waals surface area contributed by atoms with Gasteiger partial charge in [-0.25, -0.2) is 4.98 Å². The van der Waals surface area contributed by atoms with Gasteiger partial charge in [0.25, 0.3) is 0 Å². The van der Waals surface area contributed by atoms with Crippen LogP contribution >= 0.6 is 11.3 Å². The summed E-state index contributed by atoms with van der Waals surface area (Å²) in [5.74, 6) is -0.0617. The fourth-order valence-electron chi connectivity index (χ4n) is 3.41. The Balaban J connectivity index is 1.91. The summed E-state index contributed by atoms with van der Waals surface area (Å²) in [6.07, 6.45) is 0. The molecule has 27 heavy (non-hydrogen) atoms. The monoisotopic (exact) mass is 379 g/mol. The maximum absolute atomic E-state index is 11.6. The van der Waals surface area contributed by atoms with Crippen LogP contribution in [0.25, 0.3) is 11.3 Å². The molecule has 0 spiro atoms. The molecule has 3 rings (SSSR count). The standard InChI is InChI=1S/C22H25N3OS/c1-13-11-14(2)21(24-17(5)26)15(3)20(13)19-12-27-22(25-19)23-16(4)18-9-7-6-8-10-18/h6-12,16H,1-5H3,(H,23,25)(H,24,26)/t16-/m0/s1. The number of aryl methyl sites for hydroxylation is 2. The van der Waals surface area contributed by atoms with E-state index in [2.05, 4.69) is 48.1 Å². The van der Waals surface area contributed by atoms with E-state index >= 15 is 0 Å². The molecule has 0 aliphatic rings. The van der Waals surface area contributed by atoms with Gasteiger partial charge in [-0.2, -0.15) is 0 Å². The van der Waals surface area contributed by atoms with E-state index in [0.717, 1.165) is 38.8 Å². The summed E-state index contributed by atoms with van der Waals surface area (Å²) >= 11 is 1.60. The summed E-state index contributed by atoms with van der Waals surface area (Å²) in [5, 5.41) is 9.41. The summed E-state index contributed by atoms with van der Waals surface area (Å²) in [5.41, 5.74) is 7.40. The van der Waals surface area contributed by atoms with Crippen LogP contribution in [0.2, 0.25) is 0 Å². The Morgan fingerprint density at radius 3 is 2.48 bits per heavy atom. The largest absolute Gasteiger partial charge is 0.355 e. The van der Waals surface area contributed by atoms with E-state index in [0.29, 0.717) is 0 Å². The Bertz CT molecular complexity index is 963. The number of hydrogen-bond donors (Lipinski definition) is 2. The van der Waals surface area contributed by atoms with Crippen LogP contribution in [0.5, 0.6) is 0 Å². The molecule has 1 heterocycles. The third-order valence-electron chi connectivity index (χ3n) is 4.67. The highest BCUT2D eigenvalue weighted by Crippen LogP contribution is 2.36. The second-order valence-electron chi connectivity index (χ2n) is 6.88. The topological polar surface area (TPSA) is 54.0 Å². The molecule has 4 nitrogen and oxygen atoms in total. The SMILES string of the molecule is CC(=O)Nc1c(C)cc(C)c(-c2csc(N[C@@H](C)c3ccccc3)n2)c1C. The van der Waals surface area contributed by atoms with Crippen molar-refractivity contribution >= 4 is 28.1 Å². The number of benzene rings is 2. The van der Waals surface area contributed by atoms with Gasteiger partial charge in [0, 0.05) is 23.6 Å². The number of carbonyl (C=O) groups is 1. The summed E-state index contributed by atoms with van der Waals surface area (Å²) in [4.78, 5) is 16.4. The van der Waals surface area contributed by atoms with Crippen LogP contribution in [0.4, 0.5) is 10.8 Å². The van der Waals surface area contributed by atoms with E-state index in [1.165, 1.54) is 12.5 Å². The number of nitrogens with one attached hydrogen (secondary N) is 2. The van der Waals surface area contributed by atoms with E-state index < -0.39 is 0 Å². The van der Waals surface area contributed by atoms with Crippen molar-refractivity contribution in [1.82, 2.24) is 4.98 Å². The summed E-state index contributed by atoms with van der Waals surface area (Å²) in [7, 11) is 0. The Morgan fingerprint density at radius 1 is 1.11 bits per heavy atom. The molecule has 1 atom stereocenters. The van der Waals surface area contributed by atoms with Gasteiger partial charge < -0.3 is 10.6 Å². The van der Waals surface area contributed by atoms with Gasteiger partial charge in [-0.3, -0.25) is 4.79 Å². The molecule has 1 aromatic heterocycles. The van der Waals surface area contributed by atoms with E-state index in [9.17, 15) is 4.79 Å². The molecule has 2 N–H and O–H groups in total. The number of carbonyl (C=O) groups excluding carboxylic acids is 1. The lowest BCUT2D eigenvalue weighted by Crippen LogP contribution is -2.10. The van der Waals surface area contributed by atoms with Crippen molar-refractivity contribution in [3.05, 3.63) is 64.0 Å². The molecule has 0 aliphatic heterocycles. The van der Waals surface area contributed by atoms with Crippen LogP contribution in [0.1, 0.15) is 42.1 Å². The van der Waals surface area contributed by atoms with Gasteiger partial charge in [-0.05, 0) is 49.9 Å². The third kappa shape index (κ3) is 4.19. The van der Waals surface area contributed by atoms with Gasteiger partial charge in [0.05, 0.1) is 11.7 Å². The summed E-state index contributed by atoms with van der Waals surface area (Å²) < 4.78 is 0. The first-order valence-corrected chi connectivity index (χ1v) is 9.90. The normalized spacial score (nSPS) is 11.9. The van der Waals surface area contributed by atoms with Crippen LogP contribution in [0.15, 0.2) is 41.8 Å². The average Bonchev–Trinajstić information content (AvgIpc) is 3.07. The average molecular weight is 380 g/mol. The highest BCUT2D eigenvalue weighted by atomic mass is 32.1. The van der Waals surface area contributed by atoms with E-state index in [-0.39, 0.29) is 11.9 Å². The number of hydrogen-bond acceptors (Lipinski definition) is 4. The maximum atomic E-state index is 11.6. The van der Waals surface area contributed by atoms with Crippen molar-refractivity contribution in [3.63, 3.8) is 0 Å². The van der Waals surface area contributed by atoms with Crippen molar-refractivity contribution in [2.24, 2.45) is 0 Å². The quantitative estimate of drug-likeness (QED) is 0.583. The predicted molar refractivity (Wildman–Crippen MR) is 115 cm³/mol. The zero-order chi connectivity index (χ0) is 19.6. The molecular weight excluding hydrogens is 354 g/mol. The molecule has 0 radical (unpaired) electrons. The van der Waals surface area contributed by atoms with E-state index in [4.69, 9.17) is 4.98 Å². The van der Waals surface area contributed by atoms with Crippen LogP contribution in [-0.4, -0.2) is 10.9 Å². The zero-order valence-corrected chi connectivity index (χ0v) is 17.2. The van der Waals surface area contributed by atoms with Crippen molar-refractivity contribution < 1.29 is 4.79 Å². The Labute approximate surface area is 164 Å². The minimum atomic E-state index is -0.0617. The number of amides is 1. The molecule has 0 bridgehead atoms. The minimum Gasteiger partial charge on any atom is -0.355 e. The van der Waals surface area contributed by atoms with Crippen molar-refractivity contribution in [3.8, 4) is 11.3 Å². The molecule has 2 aromatic carbocycles. The number of rotatable bonds is 5. The molecule has 0 unspecified atom stereocenters. The predicted octanol–water partition coefficient (Wildman–Crippen LogP) is 5.87. The molecule has 1 amide bonds. The van der Waals surface area contributed by atoms with Crippen LogP contribution in [0.3, 0.4) is 0 Å². The highest BCUT2D eigenvalue weighted by molar-refractivity contribution is 7.14. The molecule has 3 aromatic rings. The van der Waals surface area contributed by atoms with Gasteiger partial charge in [0.2, 0.25) is 5.91 Å². The smallest absolute Gasteiger partial charge is 0.221 e. The van der Waals surface area contributed by atoms with E-state index in [1.54, 1.807) is 11.3 Å². The molecule has 0 saturated heterocycles. The molecular formula is C22H25N3OS. The first kappa shape index (κ1) is 19.1. The molecule has 0 saturated carbocycles. The molecule has 0 fully saturated rings. The Kier molecular flexibility index (Phi) is 5.61. The van der Waals surface area contributed by atoms with Crippen molar-refractivity contribution in [2.45, 2.75) is 40.7 Å². The Morgan fingerprint density at radius 2 is 1.81 bits per heavy atom. The lowest BCUT2D eigenvalue weighted by Gasteiger charge is -2.16. The van der Waals surface area contributed by atoms with Gasteiger partial charge >= 0.3 is 0 Å². The lowest BCUT2D eigenvalue weighted by molar-refractivity contribution is -0.114. The van der Waals surface area contributed by atoms with Gasteiger partial charge in [0.15, 0.2) is 5.13 Å². The number of nitrogens with zero attached hydrogens (tertiary/aromatic N) is 1. The van der Waals surface area contributed by atoms with E-state index in [1.807, 2.05) is 32.0 Å². The van der Waals surface area contributed by atoms with Gasteiger partial charge in [0.1, 0.15) is 0 Å². The Hall–Kier alpha value is -2.66.